The number of pyridine rings is 1. The number of imide groups is 1. The van der Waals surface area contributed by atoms with Crippen LogP contribution in [0.3, 0.4) is 0 Å². The minimum Gasteiger partial charge on any atom is -0.268 e. The van der Waals surface area contributed by atoms with Crippen LogP contribution >= 0.6 is 11.3 Å². The minimum atomic E-state index is -3.69. The Kier molecular flexibility index (Phi) is 5.50. The van der Waals surface area contributed by atoms with E-state index >= 15 is 0 Å². The Morgan fingerprint density at radius 2 is 1.80 bits per heavy atom. The number of fused-ring (bicyclic) bond motifs is 1. The number of thiophene rings is 1. The van der Waals surface area contributed by atoms with E-state index in [0.717, 1.165) is 21.8 Å². The van der Waals surface area contributed by atoms with Crippen LogP contribution in [0.2, 0.25) is 0 Å². The second-order valence-electron chi connectivity index (χ2n) is 6.98. The molecular formula is C21H19N3O4S2. The molecule has 1 aliphatic rings. The van der Waals surface area contributed by atoms with Crippen molar-refractivity contribution in [3.63, 3.8) is 0 Å². The van der Waals surface area contributed by atoms with Gasteiger partial charge in [-0.2, -0.15) is 0 Å². The first kappa shape index (κ1) is 20.4. The number of hydrogen-bond acceptors (Lipinski definition) is 6. The second kappa shape index (κ2) is 8.10. The van der Waals surface area contributed by atoms with Gasteiger partial charge in [-0.05, 0) is 35.7 Å². The predicted molar refractivity (Wildman–Crippen MR) is 113 cm³/mol. The lowest BCUT2D eigenvalue weighted by molar-refractivity contribution is 0.0642. The van der Waals surface area contributed by atoms with E-state index in [9.17, 15) is 18.0 Å². The quantitative estimate of drug-likeness (QED) is 0.569. The monoisotopic (exact) mass is 441 g/mol. The molecule has 0 saturated carbocycles. The summed E-state index contributed by atoms with van der Waals surface area (Å²) in [5, 5.41) is 0. The van der Waals surface area contributed by atoms with Crippen LogP contribution in [0.25, 0.3) is 0 Å². The SMILES string of the molecule is C[C@H](CNS(=O)(=O)c1ccc(CN2C(=O)c3cccnc3C2=O)s1)c1ccccc1. The van der Waals surface area contributed by atoms with Gasteiger partial charge in [0, 0.05) is 17.6 Å². The van der Waals surface area contributed by atoms with Crippen molar-refractivity contribution in [2.24, 2.45) is 0 Å². The molecule has 3 heterocycles. The van der Waals surface area contributed by atoms with Crippen LogP contribution in [0.4, 0.5) is 0 Å². The van der Waals surface area contributed by atoms with Gasteiger partial charge in [0.25, 0.3) is 11.8 Å². The molecule has 154 valence electrons. The second-order valence-corrected chi connectivity index (χ2v) is 10.1. The van der Waals surface area contributed by atoms with E-state index in [1.807, 2.05) is 37.3 Å². The molecule has 30 heavy (non-hydrogen) atoms. The third-order valence-electron chi connectivity index (χ3n) is 4.89. The highest BCUT2D eigenvalue weighted by atomic mass is 32.2. The van der Waals surface area contributed by atoms with Crippen molar-refractivity contribution >= 4 is 33.2 Å². The zero-order valence-electron chi connectivity index (χ0n) is 16.1. The molecule has 1 aliphatic heterocycles. The molecule has 0 bridgehead atoms. The highest BCUT2D eigenvalue weighted by Gasteiger charge is 2.36. The van der Waals surface area contributed by atoms with Gasteiger partial charge in [-0.25, -0.2) is 13.1 Å². The van der Waals surface area contributed by atoms with Crippen molar-refractivity contribution in [3.05, 3.63) is 82.5 Å². The van der Waals surface area contributed by atoms with E-state index in [1.165, 1.54) is 12.3 Å². The summed E-state index contributed by atoms with van der Waals surface area (Å²) in [6.07, 6.45) is 1.46. The molecule has 1 aromatic carbocycles. The maximum Gasteiger partial charge on any atom is 0.280 e. The fourth-order valence-corrected chi connectivity index (χ4v) is 5.73. The molecule has 0 fully saturated rings. The van der Waals surface area contributed by atoms with Gasteiger partial charge in [0.05, 0.1) is 12.1 Å². The van der Waals surface area contributed by atoms with Crippen LogP contribution in [0.15, 0.2) is 65.0 Å². The van der Waals surface area contributed by atoms with E-state index in [4.69, 9.17) is 0 Å². The highest BCUT2D eigenvalue weighted by Crippen LogP contribution is 2.27. The normalized spacial score (nSPS) is 14.8. The number of nitrogens with zero attached hydrogens (tertiary/aromatic N) is 2. The third kappa shape index (κ3) is 3.91. The van der Waals surface area contributed by atoms with Gasteiger partial charge in [-0.1, -0.05) is 37.3 Å². The molecular weight excluding hydrogens is 422 g/mol. The van der Waals surface area contributed by atoms with Crippen molar-refractivity contribution in [2.45, 2.75) is 23.6 Å². The standard InChI is InChI=1S/C21H19N3O4S2/c1-14(15-6-3-2-4-7-15)12-23-30(27,28)18-10-9-16(29-18)13-24-20(25)17-8-5-11-22-19(17)21(24)26/h2-11,14,23H,12-13H2,1H3/t14-/m1/s1. The lowest BCUT2D eigenvalue weighted by Gasteiger charge is -2.13. The molecule has 1 atom stereocenters. The van der Waals surface area contributed by atoms with E-state index in [2.05, 4.69) is 9.71 Å². The average molecular weight is 442 g/mol. The molecule has 1 N–H and O–H groups in total. The third-order valence-corrected chi connectivity index (χ3v) is 7.88. The lowest BCUT2D eigenvalue weighted by atomic mass is 10.0. The molecule has 3 aromatic rings. The first-order valence-corrected chi connectivity index (χ1v) is 11.6. The van der Waals surface area contributed by atoms with Crippen LogP contribution in [0.5, 0.6) is 0 Å². The number of carbonyl (C=O) groups is 2. The topological polar surface area (TPSA) is 96.4 Å². The fourth-order valence-electron chi connectivity index (χ4n) is 3.21. The van der Waals surface area contributed by atoms with Gasteiger partial charge in [0.15, 0.2) is 0 Å². The van der Waals surface area contributed by atoms with Gasteiger partial charge in [0.2, 0.25) is 10.0 Å². The van der Waals surface area contributed by atoms with Crippen molar-refractivity contribution < 1.29 is 18.0 Å². The Labute approximate surface area is 178 Å². The van der Waals surface area contributed by atoms with Crippen molar-refractivity contribution in [2.75, 3.05) is 6.54 Å². The molecule has 0 aliphatic carbocycles. The number of amides is 2. The van der Waals surface area contributed by atoms with Gasteiger partial charge < -0.3 is 0 Å². The molecule has 0 spiro atoms. The first-order chi connectivity index (χ1) is 14.4. The average Bonchev–Trinajstić information content (AvgIpc) is 3.33. The van der Waals surface area contributed by atoms with Crippen molar-refractivity contribution in [1.82, 2.24) is 14.6 Å². The lowest BCUT2D eigenvalue weighted by Crippen LogP contribution is -2.29. The fraction of sp³-hybridized carbons (Fsp3) is 0.190. The molecule has 0 radical (unpaired) electrons. The zero-order valence-corrected chi connectivity index (χ0v) is 17.7. The summed E-state index contributed by atoms with van der Waals surface area (Å²) >= 11 is 1.04. The Bertz CT molecular complexity index is 1170. The van der Waals surface area contributed by atoms with E-state index in [0.29, 0.717) is 4.88 Å². The highest BCUT2D eigenvalue weighted by molar-refractivity contribution is 7.91. The van der Waals surface area contributed by atoms with E-state index < -0.39 is 21.8 Å². The van der Waals surface area contributed by atoms with E-state index in [1.54, 1.807) is 18.2 Å². The maximum atomic E-state index is 12.7. The Morgan fingerprint density at radius 3 is 2.53 bits per heavy atom. The summed E-state index contributed by atoms with van der Waals surface area (Å²) < 4.78 is 28.1. The predicted octanol–water partition coefficient (Wildman–Crippen LogP) is 3.02. The Hall–Kier alpha value is -2.88. The Balaban J connectivity index is 1.44. The molecule has 0 unspecified atom stereocenters. The molecule has 2 aromatic heterocycles. The van der Waals surface area contributed by atoms with Gasteiger partial charge >= 0.3 is 0 Å². The number of aromatic nitrogens is 1. The number of nitrogens with one attached hydrogen (secondary N) is 1. The van der Waals surface area contributed by atoms with Crippen LogP contribution in [0, 0.1) is 0 Å². The minimum absolute atomic E-state index is 0.00856. The van der Waals surface area contributed by atoms with Crippen LogP contribution in [0.1, 0.15) is 44.1 Å². The smallest absolute Gasteiger partial charge is 0.268 e. The maximum absolute atomic E-state index is 12.7. The Morgan fingerprint density at radius 1 is 1.03 bits per heavy atom. The molecule has 9 heteroatoms. The molecule has 2 amide bonds. The van der Waals surface area contributed by atoms with Gasteiger partial charge in [-0.3, -0.25) is 19.5 Å². The number of rotatable bonds is 7. The van der Waals surface area contributed by atoms with Crippen molar-refractivity contribution in [3.8, 4) is 0 Å². The summed E-state index contributed by atoms with van der Waals surface area (Å²) in [5.41, 5.74) is 1.44. The summed E-state index contributed by atoms with van der Waals surface area (Å²) in [5.74, 6) is -0.870. The van der Waals surface area contributed by atoms with E-state index in [-0.39, 0.29) is 34.5 Å². The van der Waals surface area contributed by atoms with Crippen LogP contribution in [-0.4, -0.2) is 36.7 Å². The zero-order chi connectivity index (χ0) is 21.3. The van der Waals surface area contributed by atoms with Gasteiger partial charge in [0.1, 0.15) is 9.90 Å². The largest absolute Gasteiger partial charge is 0.280 e. The summed E-state index contributed by atoms with van der Waals surface area (Å²) in [7, 11) is -3.69. The van der Waals surface area contributed by atoms with Crippen LogP contribution < -0.4 is 4.72 Å². The summed E-state index contributed by atoms with van der Waals surface area (Å²) in [6.45, 7) is 2.23. The molecule has 0 saturated heterocycles. The summed E-state index contributed by atoms with van der Waals surface area (Å²) in [6, 6.07) is 15.9. The van der Waals surface area contributed by atoms with Crippen LogP contribution in [-0.2, 0) is 16.6 Å². The number of carbonyl (C=O) groups excluding carboxylic acids is 2. The van der Waals surface area contributed by atoms with Gasteiger partial charge in [-0.15, -0.1) is 11.3 Å². The molecule has 4 rings (SSSR count). The number of hydrogen-bond donors (Lipinski definition) is 1. The number of benzene rings is 1. The number of sulfonamides is 1. The molecule has 7 nitrogen and oxygen atoms in total. The summed E-state index contributed by atoms with van der Waals surface area (Å²) in [4.78, 5) is 30.6. The first-order valence-electron chi connectivity index (χ1n) is 9.31. The van der Waals surface area contributed by atoms with Crippen molar-refractivity contribution in [1.29, 1.82) is 0 Å².